The van der Waals surface area contributed by atoms with E-state index in [9.17, 15) is 8.78 Å². The number of benzene rings is 1. The van der Waals surface area contributed by atoms with Gasteiger partial charge in [-0.25, -0.2) is 8.78 Å². The standard InChI is InChI=1S/C12H12F2N2/c1-8-3-2-4-16(8)12-10(13)5-9(7-15)6-11(12)14/h5-6,8H,2-4H2,1H3. The molecular weight excluding hydrogens is 210 g/mol. The van der Waals surface area contributed by atoms with E-state index in [0.717, 1.165) is 25.0 Å². The van der Waals surface area contributed by atoms with Gasteiger partial charge in [0.05, 0.1) is 11.6 Å². The first-order chi connectivity index (χ1) is 7.63. The highest BCUT2D eigenvalue weighted by molar-refractivity contribution is 5.53. The summed E-state index contributed by atoms with van der Waals surface area (Å²) in [6.45, 7) is 2.62. The van der Waals surface area contributed by atoms with Gasteiger partial charge in [-0.05, 0) is 31.9 Å². The minimum absolute atomic E-state index is 0.00370. The number of rotatable bonds is 1. The zero-order valence-electron chi connectivity index (χ0n) is 9.00. The fourth-order valence-electron chi connectivity index (χ4n) is 2.17. The Balaban J connectivity index is 2.45. The third-order valence-electron chi connectivity index (χ3n) is 2.99. The van der Waals surface area contributed by atoms with E-state index in [4.69, 9.17) is 5.26 Å². The molecule has 1 atom stereocenters. The SMILES string of the molecule is CC1CCCN1c1c(F)cc(C#N)cc1F. The largest absolute Gasteiger partial charge is 0.364 e. The molecule has 2 nitrogen and oxygen atoms in total. The summed E-state index contributed by atoms with van der Waals surface area (Å²) in [7, 11) is 0. The molecule has 0 amide bonds. The molecule has 1 unspecified atom stereocenters. The molecule has 84 valence electrons. The molecule has 1 fully saturated rings. The summed E-state index contributed by atoms with van der Waals surface area (Å²) in [4.78, 5) is 1.73. The van der Waals surface area contributed by atoms with Crippen molar-refractivity contribution in [2.75, 3.05) is 11.4 Å². The summed E-state index contributed by atoms with van der Waals surface area (Å²) in [5, 5.41) is 8.60. The Labute approximate surface area is 93.1 Å². The molecule has 0 aromatic heterocycles. The zero-order chi connectivity index (χ0) is 11.7. The second-order valence-corrected chi connectivity index (χ2v) is 4.08. The lowest BCUT2D eigenvalue weighted by Gasteiger charge is -2.24. The van der Waals surface area contributed by atoms with Crippen LogP contribution in [0.1, 0.15) is 25.3 Å². The van der Waals surface area contributed by atoms with Crippen LogP contribution in [0.4, 0.5) is 14.5 Å². The topological polar surface area (TPSA) is 27.0 Å². The molecule has 4 heteroatoms. The fraction of sp³-hybridized carbons (Fsp3) is 0.417. The molecule has 1 aromatic carbocycles. The van der Waals surface area contributed by atoms with Gasteiger partial charge < -0.3 is 4.90 Å². The summed E-state index contributed by atoms with van der Waals surface area (Å²) >= 11 is 0. The molecule has 0 aliphatic carbocycles. The Hall–Kier alpha value is -1.63. The van der Waals surface area contributed by atoms with Crippen molar-refractivity contribution in [1.29, 1.82) is 5.26 Å². The van der Waals surface area contributed by atoms with Gasteiger partial charge in [-0.2, -0.15) is 5.26 Å². The molecular formula is C12H12F2N2. The van der Waals surface area contributed by atoms with Crippen LogP contribution >= 0.6 is 0 Å². The lowest BCUT2D eigenvalue weighted by molar-refractivity contribution is 0.567. The van der Waals surface area contributed by atoms with Crippen LogP contribution in [0.25, 0.3) is 0 Å². The Kier molecular flexibility index (Phi) is 2.78. The Morgan fingerprint density at radius 1 is 1.38 bits per heavy atom. The average molecular weight is 222 g/mol. The van der Waals surface area contributed by atoms with Gasteiger partial charge in [0.15, 0.2) is 11.6 Å². The predicted molar refractivity (Wildman–Crippen MR) is 57.1 cm³/mol. The highest BCUT2D eigenvalue weighted by Gasteiger charge is 2.26. The maximum Gasteiger partial charge on any atom is 0.150 e. The number of hydrogen-bond donors (Lipinski definition) is 0. The van der Waals surface area contributed by atoms with Gasteiger partial charge in [0, 0.05) is 12.6 Å². The quantitative estimate of drug-likeness (QED) is 0.730. The highest BCUT2D eigenvalue weighted by atomic mass is 19.1. The maximum atomic E-state index is 13.7. The molecule has 0 bridgehead atoms. The van der Waals surface area contributed by atoms with Crippen molar-refractivity contribution >= 4 is 5.69 Å². The van der Waals surface area contributed by atoms with Crippen molar-refractivity contribution in [1.82, 2.24) is 0 Å². The van der Waals surface area contributed by atoms with Crippen LogP contribution in [0, 0.1) is 23.0 Å². The van der Waals surface area contributed by atoms with E-state index < -0.39 is 11.6 Å². The minimum Gasteiger partial charge on any atom is -0.364 e. The average Bonchev–Trinajstić information content (AvgIpc) is 2.64. The van der Waals surface area contributed by atoms with E-state index in [0.29, 0.717) is 6.54 Å². The van der Waals surface area contributed by atoms with E-state index >= 15 is 0 Å². The molecule has 1 heterocycles. The normalized spacial score (nSPS) is 19.9. The van der Waals surface area contributed by atoms with Gasteiger partial charge in [-0.1, -0.05) is 0 Å². The second-order valence-electron chi connectivity index (χ2n) is 4.08. The summed E-state index contributed by atoms with van der Waals surface area (Å²) < 4.78 is 27.4. The van der Waals surface area contributed by atoms with Crippen LogP contribution in [-0.4, -0.2) is 12.6 Å². The predicted octanol–water partition coefficient (Wildman–Crippen LogP) is 2.83. The third kappa shape index (κ3) is 1.73. The minimum atomic E-state index is -0.648. The molecule has 0 radical (unpaired) electrons. The number of halogens is 2. The van der Waals surface area contributed by atoms with Crippen LogP contribution < -0.4 is 4.90 Å². The summed E-state index contributed by atoms with van der Waals surface area (Å²) in [6.07, 6.45) is 1.89. The van der Waals surface area contributed by atoms with Crippen molar-refractivity contribution < 1.29 is 8.78 Å². The summed E-state index contributed by atoms with van der Waals surface area (Å²) in [6, 6.07) is 4.06. The van der Waals surface area contributed by atoms with Crippen LogP contribution in [0.3, 0.4) is 0 Å². The molecule has 1 aromatic rings. The second kappa shape index (κ2) is 4.09. The smallest absolute Gasteiger partial charge is 0.150 e. The Morgan fingerprint density at radius 3 is 2.44 bits per heavy atom. The van der Waals surface area contributed by atoms with Crippen molar-refractivity contribution in [2.24, 2.45) is 0 Å². The molecule has 16 heavy (non-hydrogen) atoms. The van der Waals surface area contributed by atoms with Gasteiger partial charge >= 0.3 is 0 Å². The van der Waals surface area contributed by atoms with Crippen LogP contribution in [0.15, 0.2) is 12.1 Å². The maximum absolute atomic E-state index is 13.7. The van der Waals surface area contributed by atoms with E-state index in [-0.39, 0.29) is 17.3 Å². The Morgan fingerprint density at radius 2 is 2.00 bits per heavy atom. The van der Waals surface area contributed by atoms with Crippen molar-refractivity contribution in [3.8, 4) is 6.07 Å². The fourth-order valence-corrected chi connectivity index (χ4v) is 2.17. The molecule has 1 saturated heterocycles. The van der Waals surface area contributed by atoms with Gasteiger partial charge in [-0.3, -0.25) is 0 Å². The van der Waals surface area contributed by atoms with Crippen LogP contribution in [0.2, 0.25) is 0 Å². The third-order valence-corrected chi connectivity index (χ3v) is 2.99. The first kappa shape index (κ1) is 10.9. The van der Waals surface area contributed by atoms with E-state index in [1.165, 1.54) is 0 Å². The number of nitriles is 1. The highest BCUT2D eigenvalue weighted by Crippen LogP contribution is 2.30. The number of anilines is 1. The lowest BCUT2D eigenvalue weighted by Crippen LogP contribution is -2.28. The van der Waals surface area contributed by atoms with Crippen molar-refractivity contribution in [3.63, 3.8) is 0 Å². The van der Waals surface area contributed by atoms with Crippen LogP contribution in [0.5, 0.6) is 0 Å². The van der Waals surface area contributed by atoms with E-state index in [1.54, 1.807) is 11.0 Å². The van der Waals surface area contributed by atoms with Crippen LogP contribution in [-0.2, 0) is 0 Å². The molecule has 0 N–H and O–H groups in total. The zero-order valence-corrected chi connectivity index (χ0v) is 9.00. The van der Waals surface area contributed by atoms with E-state index in [2.05, 4.69) is 0 Å². The van der Waals surface area contributed by atoms with Crippen molar-refractivity contribution in [3.05, 3.63) is 29.3 Å². The molecule has 0 saturated carbocycles. The molecule has 2 rings (SSSR count). The van der Waals surface area contributed by atoms with E-state index in [1.807, 2.05) is 6.92 Å². The molecule has 0 spiro atoms. The van der Waals surface area contributed by atoms with Crippen molar-refractivity contribution in [2.45, 2.75) is 25.8 Å². The summed E-state index contributed by atoms with van der Waals surface area (Å²) in [5.41, 5.74) is 0.0228. The number of hydrogen-bond acceptors (Lipinski definition) is 2. The first-order valence-electron chi connectivity index (χ1n) is 5.29. The van der Waals surface area contributed by atoms with Gasteiger partial charge in [0.1, 0.15) is 5.69 Å². The molecule has 1 aliphatic heterocycles. The monoisotopic (exact) mass is 222 g/mol. The first-order valence-corrected chi connectivity index (χ1v) is 5.29. The van der Waals surface area contributed by atoms with Gasteiger partial charge in [-0.15, -0.1) is 0 Å². The Bertz CT molecular complexity index is 428. The summed E-state index contributed by atoms with van der Waals surface area (Å²) in [5.74, 6) is -1.30. The number of nitrogens with zero attached hydrogens (tertiary/aromatic N) is 2. The lowest BCUT2D eigenvalue weighted by atomic mass is 10.1. The molecule has 1 aliphatic rings. The van der Waals surface area contributed by atoms with Gasteiger partial charge in [0.2, 0.25) is 0 Å². The van der Waals surface area contributed by atoms with Gasteiger partial charge in [0.25, 0.3) is 0 Å².